The highest BCUT2D eigenvalue weighted by molar-refractivity contribution is 7.89. The molecule has 20 heavy (non-hydrogen) atoms. The van der Waals surface area contributed by atoms with Crippen molar-refractivity contribution in [2.45, 2.75) is 31.2 Å². The van der Waals surface area contributed by atoms with Gasteiger partial charge in [0.15, 0.2) is 0 Å². The van der Waals surface area contributed by atoms with Crippen LogP contribution in [-0.4, -0.2) is 35.2 Å². The summed E-state index contributed by atoms with van der Waals surface area (Å²) in [6, 6.07) is 6.92. The van der Waals surface area contributed by atoms with Gasteiger partial charge in [-0.2, -0.15) is 0 Å². The van der Waals surface area contributed by atoms with Crippen LogP contribution in [0.2, 0.25) is 0 Å². The molecule has 0 radical (unpaired) electrons. The topological polar surface area (TPSA) is 67.4 Å². The Labute approximate surface area is 121 Å². The molecular weight excluding hydrogens is 276 g/mol. The van der Waals surface area contributed by atoms with E-state index in [9.17, 15) is 8.42 Å². The molecule has 1 aromatic carbocycles. The van der Waals surface area contributed by atoms with Gasteiger partial charge in [0.05, 0.1) is 11.5 Å². The maximum atomic E-state index is 12.1. The number of nitrogens with one attached hydrogen (secondary N) is 2. The summed E-state index contributed by atoms with van der Waals surface area (Å²) in [7, 11) is -1.63. The summed E-state index contributed by atoms with van der Waals surface area (Å²) < 4.78 is 32.1. The van der Waals surface area contributed by atoms with Gasteiger partial charge in [-0.25, -0.2) is 13.1 Å². The number of hydrogen-bond donors (Lipinski definition) is 2. The molecule has 0 heterocycles. The number of sulfonamides is 1. The van der Waals surface area contributed by atoms with Crippen LogP contribution >= 0.6 is 0 Å². The molecule has 0 fully saturated rings. The number of hydrogen-bond acceptors (Lipinski definition) is 4. The van der Waals surface area contributed by atoms with Crippen molar-refractivity contribution >= 4 is 10.0 Å². The van der Waals surface area contributed by atoms with Crippen molar-refractivity contribution in [2.24, 2.45) is 0 Å². The van der Waals surface area contributed by atoms with Crippen LogP contribution in [0, 0.1) is 0 Å². The standard InChI is InChI=1S/C14H24N2O3S/c1-3-4-9-19-10-8-16-20(17,18)14-7-5-6-13(11-14)12-15-2/h5-7,11,15-16H,3-4,8-10,12H2,1-2H3. The molecular formula is C14H24N2O3S. The third-order valence-electron chi connectivity index (χ3n) is 2.77. The minimum atomic E-state index is -3.45. The van der Waals surface area contributed by atoms with Gasteiger partial charge in [-0.15, -0.1) is 0 Å². The van der Waals surface area contributed by atoms with Crippen LogP contribution in [0.1, 0.15) is 25.3 Å². The summed E-state index contributed by atoms with van der Waals surface area (Å²) in [5.74, 6) is 0. The van der Waals surface area contributed by atoms with Crippen LogP contribution < -0.4 is 10.0 Å². The van der Waals surface area contributed by atoms with Gasteiger partial charge >= 0.3 is 0 Å². The second kappa shape index (κ2) is 9.07. The second-order valence-electron chi connectivity index (χ2n) is 4.54. The molecule has 0 aliphatic rings. The maximum Gasteiger partial charge on any atom is 0.240 e. The number of rotatable bonds is 10. The van der Waals surface area contributed by atoms with Crippen LogP contribution in [0.15, 0.2) is 29.2 Å². The van der Waals surface area contributed by atoms with E-state index in [4.69, 9.17) is 4.74 Å². The van der Waals surface area contributed by atoms with E-state index in [2.05, 4.69) is 17.0 Å². The van der Waals surface area contributed by atoms with Crippen molar-refractivity contribution in [3.63, 3.8) is 0 Å². The van der Waals surface area contributed by atoms with E-state index in [1.807, 2.05) is 13.1 Å². The summed E-state index contributed by atoms with van der Waals surface area (Å²) in [6.45, 7) is 4.10. The van der Waals surface area contributed by atoms with E-state index in [1.54, 1.807) is 18.2 Å². The minimum Gasteiger partial charge on any atom is -0.380 e. The van der Waals surface area contributed by atoms with E-state index in [0.717, 1.165) is 18.4 Å². The summed E-state index contributed by atoms with van der Waals surface area (Å²) in [5, 5.41) is 3.00. The predicted octanol–water partition coefficient (Wildman–Crippen LogP) is 1.50. The summed E-state index contributed by atoms with van der Waals surface area (Å²) in [4.78, 5) is 0.291. The zero-order chi connectivity index (χ0) is 14.8. The number of benzene rings is 1. The Hall–Kier alpha value is -0.950. The quantitative estimate of drug-likeness (QED) is 0.643. The SMILES string of the molecule is CCCCOCCNS(=O)(=O)c1cccc(CNC)c1. The molecule has 0 atom stereocenters. The highest BCUT2D eigenvalue weighted by Crippen LogP contribution is 2.11. The molecule has 0 aromatic heterocycles. The van der Waals surface area contributed by atoms with Crippen LogP contribution in [0.3, 0.4) is 0 Å². The zero-order valence-corrected chi connectivity index (χ0v) is 13.0. The van der Waals surface area contributed by atoms with Gasteiger partial charge in [-0.3, -0.25) is 0 Å². The molecule has 0 saturated carbocycles. The Morgan fingerprint density at radius 3 is 2.75 bits per heavy atom. The molecule has 6 heteroatoms. The van der Waals surface area contributed by atoms with Crippen LogP contribution in [0.5, 0.6) is 0 Å². The van der Waals surface area contributed by atoms with E-state index < -0.39 is 10.0 Å². The summed E-state index contributed by atoms with van der Waals surface area (Å²) in [5.41, 5.74) is 0.939. The maximum absolute atomic E-state index is 12.1. The molecule has 2 N–H and O–H groups in total. The van der Waals surface area contributed by atoms with Gasteiger partial charge in [0.1, 0.15) is 0 Å². The lowest BCUT2D eigenvalue weighted by Crippen LogP contribution is -2.27. The fraction of sp³-hybridized carbons (Fsp3) is 0.571. The Morgan fingerprint density at radius 2 is 2.05 bits per heavy atom. The highest BCUT2D eigenvalue weighted by atomic mass is 32.2. The molecule has 1 aromatic rings. The van der Waals surface area contributed by atoms with Crippen molar-refractivity contribution in [3.05, 3.63) is 29.8 Å². The lowest BCUT2D eigenvalue weighted by atomic mass is 10.2. The van der Waals surface area contributed by atoms with Crippen LogP contribution in [0.25, 0.3) is 0 Å². The molecule has 0 aliphatic heterocycles. The fourth-order valence-electron chi connectivity index (χ4n) is 1.71. The zero-order valence-electron chi connectivity index (χ0n) is 12.2. The number of ether oxygens (including phenoxy) is 1. The molecule has 0 spiro atoms. The molecule has 5 nitrogen and oxygen atoms in total. The van der Waals surface area contributed by atoms with Crippen molar-refractivity contribution in [1.29, 1.82) is 0 Å². The van der Waals surface area contributed by atoms with Crippen molar-refractivity contribution < 1.29 is 13.2 Å². The molecule has 0 aliphatic carbocycles. The summed E-state index contributed by atoms with van der Waals surface area (Å²) in [6.07, 6.45) is 2.07. The average molecular weight is 300 g/mol. The van der Waals surface area contributed by atoms with Crippen molar-refractivity contribution in [3.8, 4) is 0 Å². The van der Waals surface area contributed by atoms with Crippen LogP contribution in [0.4, 0.5) is 0 Å². The fourth-order valence-corrected chi connectivity index (χ4v) is 2.79. The van der Waals surface area contributed by atoms with Gasteiger partial charge in [0.25, 0.3) is 0 Å². The first-order valence-electron chi connectivity index (χ1n) is 6.91. The Balaban J connectivity index is 2.49. The molecule has 1 rings (SSSR count). The van der Waals surface area contributed by atoms with Crippen molar-refractivity contribution in [2.75, 3.05) is 26.8 Å². The Kier molecular flexibility index (Phi) is 7.76. The first kappa shape index (κ1) is 17.1. The van der Waals surface area contributed by atoms with E-state index in [0.29, 0.717) is 31.2 Å². The van der Waals surface area contributed by atoms with Crippen molar-refractivity contribution in [1.82, 2.24) is 10.0 Å². The number of unbranched alkanes of at least 4 members (excludes halogenated alkanes) is 1. The molecule has 114 valence electrons. The largest absolute Gasteiger partial charge is 0.380 e. The lowest BCUT2D eigenvalue weighted by molar-refractivity contribution is 0.136. The normalized spacial score (nSPS) is 11.7. The highest BCUT2D eigenvalue weighted by Gasteiger charge is 2.13. The first-order valence-corrected chi connectivity index (χ1v) is 8.39. The van der Waals surface area contributed by atoms with Gasteiger partial charge in [-0.1, -0.05) is 25.5 Å². The third kappa shape index (κ3) is 6.00. The van der Waals surface area contributed by atoms with E-state index >= 15 is 0 Å². The minimum absolute atomic E-state index is 0.291. The van der Waals surface area contributed by atoms with Gasteiger partial charge in [-0.05, 0) is 31.2 Å². The Bertz CT molecular complexity index is 489. The van der Waals surface area contributed by atoms with Crippen LogP contribution in [-0.2, 0) is 21.3 Å². The van der Waals surface area contributed by atoms with Gasteiger partial charge in [0.2, 0.25) is 10.0 Å². The molecule has 0 saturated heterocycles. The second-order valence-corrected chi connectivity index (χ2v) is 6.31. The molecule has 0 amide bonds. The molecule has 0 unspecified atom stereocenters. The van der Waals surface area contributed by atoms with Gasteiger partial charge < -0.3 is 10.1 Å². The lowest BCUT2D eigenvalue weighted by Gasteiger charge is -2.09. The smallest absolute Gasteiger partial charge is 0.240 e. The van der Waals surface area contributed by atoms with E-state index in [-0.39, 0.29) is 0 Å². The predicted molar refractivity (Wildman–Crippen MR) is 80.1 cm³/mol. The first-order chi connectivity index (χ1) is 9.60. The Morgan fingerprint density at radius 1 is 1.25 bits per heavy atom. The molecule has 0 bridgehead atoms. The third-order valence-corrected chi connectivity index (χ3v) is 4.23. The van der Waals surface area contributed by atoms with E-state index in [1.165, 1.54) is 0 Å². The monoisotopic (exact) mass is 300 g/mol. The summed E-state index contributed by atoms with van der Waals surface area (Å²) >= 11 is 0. The average Bonchev–Trinajstić information content (AvgIpc) is 2.43. The van der Waals surface area contributed by atoms with Gasteiger partial charge in [0, 0.05) is 19.7 Å².